The van der Waals surface area contributed by atoms with Gasteiger partial charge in [0, 0.05) is 24.0 Å². The predicted octanol–water partition coefficient (Wildman–Crippen LogP) is 3.61. The van der Waals surface area contributed by atoms with Crippen molar-refractivity contribution in [2.75, 3.05) is 0 Å². The summed E-state index contributed by atoms with van der Waals surface area (Å²) in [7, 11) is -3.35. The van der Waals surface area contributed by atoms with Crippen LogP contribution < -0.4 is 4.72 Å². The molecule has 126 valence electrons. The fourth-order valence-electron chi connectivity index (χ4n) is 3.08. The van der Waals surface area contributed by atoms with Crippen molar-refractivity contribution in [1.82, 2.24) is 9.29 Å². The zero-order chi connectivity index (χ0) is 17.2. The van der Waals surface area contributed by atoms with Gasteiger partial charge in [0.15, 0.2) is 0 Å². The average molecular weight is 334 g/mol. The van der Waals surface area contributed by atoms with Crippen molar-refractivity contribution in [3.8, 4) is 0 Å². The van der Waals surface area contributed by atoms with Crippen LogP contribution in [0.5, 0.6) is 0 Å². The molecule has 0 fully saturated rings. The Hall–Kier alpha value is -1.59. The number of benzene rings is 1. The lowest BCUT2D eigenvalue weighted by Gasteiger charge is -2.14. The maximum atomic E-state index is 12.3. The summed E-state index contributed by atoms with van der Waals surface area (Å²) >= 11 is 0. The molecule has 23 heavy (non-hydrogen) atoms. The Labute approximate surface area is 139 Å². The van der Waals surface area contributed by atoms with Crippen molar-refractivity contribution in [1.29, 1.82) is 0 Å². The molecule has 0 spiro atoms. The molecule has 1 N–H and O–H groups in total. The molecule has 5 heteroatoms. The van der Waals surface area contributed by atoms with E-state index in [2.05, 4.69) is 36.1 Å². The van der Waals surface area contributed by atoms with Gasteiger partial charge in [-0.2, -0.15) is 0 Å². The maximum absolute atomic E-state index is 12.3. The molecule has 1 heterocycles. The molecule has 4 nitrogen and oxygen atoms in total. The Morgan fingerprint density at radius 1 is 1.13 bits per heavy atom. The lowest BCUT2D eigenvalue weighted by atomic mass is 10.2. The minimum Gasteiger partial charge on any atom is -0.346 e. The minimum atomic E-state index is -3.35. The molecular formula is C18H26N2O2S. The normalized spacial score (nSPS) is 12.1. The van der Waals surface area contributed by atoms with Crippen molar-refractivity contribution >= 4 is 10.0 Å². The van der Waals surface area contributed by atoms with Crippen LogP contribution in [-0.4, -0.2) is 13.0 Å². The van der Waals surface area contributed by atoms with Crippen LogP contribution in [0.3, 0.4) is 0 Å². The number of aryl methyl sites for hydroxylation is 2. The van der Waals surface area contributed by atoms with E-state index >= 15 is 0 Å². The van der Waals surface area contributed by atoms with Gasteiger partial charge in [-0.1, -0.05) is 29.8 Å². The van der Waals surface area contributed by atoms with Crippen LogP contribution >= 0.6 is 0 Å². The van der Waals surface area contributed by atoms with E-state index in [0.29, 0.717) is 12.6 Å². The highest BCUT2D eigenvalue weighted by atomic mass is 32.2. The molecular weight excluding hydrogens is 308 g/mol. The van der Waals surface area contributed by atoms with Gasteiger partial charge in [0.2, 0.25) is 10.0 Å². The van der Waals surface area contributed by atoms with Crippen molar-refractivity contribution in [3.05, 3.63) is 58.4 Å². The van der Waals surface area contributed by atoms with Crippen LogP contribution in [0.25, 0.3) is 0 Å². The first-order valence-electron chi connectivity index (χ1n) is 7.90. The standard InChI is InChI=1S/C18H26N2O2S/c1-13(2)20-15(4)10-18(16(20)5)11-19-23(21,22)12-17-8-6-7-14(3)9-17/h6-10,13,19H,11-12H2,1-5H3. The van der Waals surface area contributed by atoms with Gasteiger partial charge in [-0.25, -0.2) is 13.1 Å². The average Bonchev–Trinajstić information content (AvgIpc) is 2.70. The van der Waals surface area contributed by atoms with E-state index in [9.17, 15) is 8.42 Å². The smallest absolute Gasteiger partial charge is 0.216 e. The number of hydrogen-bond acceptors (Lipinski definition) is 2. The van der Waals surface area contributed by atoms with E-state index in [-0.39, 0.29) is 5.75 Å². The zero-order valence-electron chi connectivity index (χ0n) is 14.6. The first-order chi connectivity index (χ1) is 10.7. The van der Waals surface area contributed by atoms with Gasteiger partial charge in [0.1, 0.15) is 0 Å². The summed E-state index contributed by atoms with van der Waals surface area (Å²) in [4.78, 5) is 0. The number of sulfonamides is 1. The molecule has 0 saturated heterocycles. The quantitative estimate of drug-likeness (QED) is 0.877. The number of aromatic nitrogens is 1. The Morgan fingerprint density at radius 3 is 2.39 bits per heavy atom. The Morgan fingerprint density at radius 2 is 1.83 bits per heavy atom. The van der Waals surface area contributed by atoms with Gasteiger partial charge < -0.3 is 4.57 Å². The van der Waals surface area contributed by atoms with Gasteiger partial charge in [-0.05, 0) is 51.8 Å². The van der Waals surface area contributed by atoms with E-state index in [1.165, 1.54) is 0 Å². The summed E-state index contributed by atoms with van der Waals surface area (Å²) in [5.41, 5.74) is 5.19. The number of nitrogens with one attached hydrogen (secondary N) is 1. The largest absolute Gasteiger partial charge is 0.346 e. The Kier molecular flexibility index (Phi) is 5.32. The molecule has 2 aromatic rings. The molecule has 2 rings (SSSR count). The van der Waals surface area contributed by atoms with E-state index in [0.717, 1.165) is 28.1 Å². The third-order valence-corrected chi connectivity index (χ3v) is 5.32. The van der Waals surface area contributed by atoms with Crippen LogP contribution in [0.15, 0.2) is 30.3 Å². The summed E-state index contributed by atoms with van der Waals surface area (Å²) in [5.74, 6) is 0.0115. The highest BCUT2D eigenvalue weighted by Gasteiger charge is 2.15. The summed E-state index contributed by atoms with van der Waals surface area (Å²) in [6.07, 6.45) is 0. The third kappa shape index (κ3) is 4.45. The van der Waals surface area contributed by atoms with Gasteiger partial charge in [-0.15, -0.1) is 0 Å². The van der Waals surface area contributed by atoms with E-state index in [1.807, 2.05) is 38.1 Å². The second-order valence-electron chi connectivity index (χ2n) is 6.43. The van der Waals surface area contributed by atoms with E-state index in [1.54, 1.807) is 0 Å². The molecule has 0 aliphatic heterocycles. The van der Waals surface area contributed by atoms with Gasteiger partial charge >= 0.3 is 0 Å². The van der Waals surface area contributed by atoms with Crippen LogP contribution in [0.2, 0.25) is 0 Å². The molecule has 1 aromatic carbocycles. The van der Waals surface area contributed by atoms with Gasteiger partial charge in [0.25, 0.3) is 0 Å². The van der Waals surface area contributed by atoms with E-state index in [4.69, 9.17) is 0 Å². The van der Waals surface area contributed by atoms with Crippen LogP contribution in [0, 0.1) is 20.8 Å². The summed E-state index contributed by atoms with van der Waals surface area (Å²) in [5, 5.41) is 0. The highest BCUT2D eigenvalue weighted by molar-refractivity contribution is 7.88. The SMILES string of the molecule is Cc1cccc(CS(=O)(=O)NCc2cc(C)n(C(C)C)c2C)c1. The Balaban J connectivity index is 2.09. The molecule has 0 aliphatic carbocycles. The lowest BCUT2D eigenvalue weighted by molar-refractivity contribution is 0.570. The van der Waals surface area contributed by atoms with Crippen LogP contribution in [0.1, 0.15) is 48.0 Å². The van der Waals surface area contributed by atoms with Gasteiger partial charge in [-0.3, -0.25) is 0 Å². The third-order valence-electron chi connectivity index (χ3n) is 4.03. The fraction of sp³-hybridized carbons (Fsp3) is 0.444. The molecule has 0 bridgehead atoms. The summed E-state index contributed by atoms with van der Waals surface area (Å²) < 4.78 is 29.6. The van der Waals surface area contributed by atoms with Crippen LogP contribution in [0.4, 0.5) is 0 Å². The first-order valence-corrected chi connectivity index (χ1v) is 9.55. The lowest BCUT2D eigenvalue weighted by Crippen LogP contribution is -2.25. The monoisotopic (exact) mass is 334 g/mol. The number of nitrogens with zero attached hydrogens (tertiary/aromatic N) is 1. The van der Waals surface area contributed by atoms with Crippen molar-refractivity contribution < 1.29 is 8.42 Å². The van der Waals surface area contributed by atoms with Crippen molar-refractivity contribution in [2.45, 2.75) is 53.0 Å². The fourth-order valence-corrected chi connectivity index (χ4v) is 4.17. The van der Waals surface area contributed by atoms with Gasteiger partial charge in [0.05, 0.1) is 5.75 Å². The molecule has 0 unspecified atom stereocenters. The second-order valence-corrected chi connectivity index (χ2v) is 8.24. The minimum absolute atomic E-state index is 0.0115. The first kappa shape index (κ1) is 17.8. The highest BCUT2D eigenvalue weighted by Crippen LogP contribution is 2.20. The summed E-state index contributed by atoms with van der Waals surface area (Å²) in [6, 6.07) is 10.0. The molecule has 0 radical (unpaired) electrons. The van der Waals surface area contributed by atoms with Crippen molar-refractivity contribution in [2.24, 2.45) is 0 Å². The van der Waals surface area contributed by atoms with E-state index < -0.39 is 10.0 Å². The number of rotatable bonds is 6. The predicted molar refractivity (Wildman–Crippen MR) is 94.9 cm³/mol. The molecule has 0 amide bonds. The second kappa shape index (κ2) is 6.89. The summed E-state index contributed by atoms with van der Waals surface area (Å²) in [6.45, 7) is 10.6. The molecule has 0 aliphatic rings. The Bertz CT molecular complexity index is 789. The molecule has 0 saturated carbocycles. The maximum Gasteiger partial charge on any atom is 0.216 e. The topological polar surface area (TPSA) is 51.1 Å². The zero-order valence-corrected chi connectivity index (χ0v) is 15.4. The number of hydrogen-bond donors (Lipinski definition) is 1. The molecule has 1 aromatic heterocycles. The van der Waals surface area contributed by atoms with Crippen molar-refractivity contribution in [3.63, 3.8) is 0 Å². The molecule has 0 atom stereocenters. The van der Waals surface area contributed by atoms with Crippen LogP contribution in [-0.2, 0) is 22.3 Å².